The van der Waals surface area contributed by atoms with Gasteiger partial charge in [-0.3, -0.25) is 0 Å². The van der Waals surface area contributed by atoms with Crippen LogP contribution in [0.1, 0.15) is 10.5 Å². The normalized spacial score (nSPS) is 10.0. The molecule has 17 heavy (non-hydrogen) atoms. The summed E-state index contributed by atoms with van der Waals surface area (Å²) in [5.74, 6) is 0.159. The molecule has 2 aromatic rings. The molecule has 0 amide bonds. The number of nitrogens with zero attached hydrogens (tertiary/aromatic N) is 1. The molecule has 0 aliphatic carbocycles. The Balaban J connectivity index is 2.45. The van der Waals surface area contributed by atoms with Gasteiger partial charge in [0.25, 0.3) is 0 Å². The molecule has 0 atom stereocenters. The van der Waals surface area contributed by atoms with Crippen LogP contribution in [0.5, 0.6) is 0 Å². The Morgan fingerprint density at radius 3 is 2.65 bits per heavy atom. The highest BCUT2D eigenvalue weighted by atomic mass is 16.5. The molecule has 1 heterocycles. The smallest absolute Gasteiger partial charge is 0.362 e. The van der Waals surface area contributed by atoms with Crippen LogP contribution in [0, 0.1) is 0 Å². The Morgan fingerprint density at radius 1 is 1.35 bits per heavy atom. The highest BCUT2D eigenvalue weighted by Crippen LogP contribution is 2.25. The summed E-state index contributed by atoms with van der Waals surface area (Å²) in [7, 11) is 2.96. The Hall–Kier alpha value is -2.30. The molecule has 2 rings (SSSR count). The molecule has 1 aromatic heterocycles. The van der Waals surface area contributed by atoms with Crippen molar-refractivity contribution in [3.8, 4) is 11.5 Å². The zero-order valence-corrected chi connectivity index (χ0v) is 9.56. The van der Waals surface area contributed by atoms with Crippen LogP contribution < -0.4 is 5.32 Å². The maximum Gasteiger partial charge on any atom is 0.362 e. The van der Waals surface area contributed by atoms with E-state index in [-0.39, 0.29) is 5.69 Å². The summed E-state index contributed by atoms with van der Waals surface area (Å²) in [6.45, 7) is 0. The fourth-order valence-corrected chi connectivity index (χ4v) is 1.43. The van der Waals surface area contributed by atoms with Gasteiger partial charge in [0.1, 0.15) is 0 Å². The number of nitrogens with one attached hydrogen (secondary N) is 1. The van der Waals surface area contributed by atoms with Crippen molar-refractivity contribution in [3.63, 3.8) is 0 Å². The molecule has 0 saturated carbocycles. The number of esters is 1. The van der Waals surface area contributed by atoms with Crippen LogP contribution in [0.15, 0.2) is 34.7 Å². The first kappa shape index (κ1) is 11.2. The number of carbonyl (C=O) groups is 1. The molecule has 0 aliphatic heterocycles. The number of benzene rings is 1. The van der Waals surface area contributed by atoms with Crippen molar-refractivity contribution >= 4 is 11.9 Å². The number of methoxy groups -OCH3 is 1. The molecule has 0 fully saturated rings. The molecule has 0 aliphatic rings. The minimum absolute atomic E-state index is 0.147. The van der Waals surface area contributed by atoms with E-state index in [4.69, 9.17) is 4.42 Å². The minimum Gasteiger partial charge on any atom is -0.464 e. The molecule has 0 bridgehead atoms. The minimum atomic E-state index is -0.528. The monoisotopic (exact) mass is 232 g/mol. The van der Waals surface area contributed by atoms with Crippen molar-refractivity contribution in [3.05, 3.63) is 36.0 Å². The molecule has 0 unspecified atom stereocenters. The third-order valence-electron chi connectivity index (χ3n) is 2.25. The average Bonchev–Trinajstić information content (AvgIpc) is 2.83. The highest BCUT2D eigenvalue weighted by molar-refractivity contribution is 5.92. The van der Waals surface area contributed by atoms with Crippen LogP contribution in [0.2, 0.25) is 0 Å². The van der Waals surface area contributed by atoms with Gasteiger partial charge < -0.3 is 14.5 Å². The molecule has 0 spiro atoms. The fraction of sp³-hybridized carbons (Fsp3) is 0.167. The molecule has 0 saturated heterocycles. The van der Waals surface area contributed by atoms with E-state index in [0.717, 1.165) is 5.56 Å². The lowest BCUT2D eigenvalue weighted by atomic mass is 10.2. The molecule has 5 heteroatoms. The fourth-order valence-electron chi connectivity index (χ4n) is 1.43. The van der Waals surface area contributed by atoms with Crippen LogP contribution in [0.3, 0.4) is 0 Å². The first-order valence-electron chi connectivity index (χ1n) is 5.08. The van der Waals surface area contributed by atoms with Crippen molar-refractivity contribution in [2.24, 2.45) is 0 Å². The first-order chi connectivity index (χ1) is 8.26. The lowest BCUT2D eigenvalue weighted by molar-refractivity contribution is 0.0595. The SMILES string of the molecule is CNc1oc(-c2ccccc2)nc1C(=O)OC. The van der Waals surface area contributed by atoms with Crippen molar-refractivity contribution < 1.29 is 13.9 Å². The molecular formula is C12H12N2O3. The maximum absolute atomic E-state index is 11.5. The Morgan fingerprint density at radius 2 is 2.06 bits per heavy atom. The zero-order valence-electron chi connectivity index (χ0n) is 9.56. The first-order valence-corrected chi connectivity index (χ1v) is 5.08. The molecule has 88 valence electrons. The number of hydrogen-bond donors (Lipinski definition) is 1. The van der Waals surface area contributed by atoms with Crippen molar-refractivity contribution in [2.45, 2.75) is 0 Å². The van der Waals surface area contributed by atoms with E-state index in [1.165, 1.54) is 7.11 Å². The predicted octanol–water partition coefficient (Wildman–Crippen LogP) is 2.17. The Kier molecular flexibility index (Phi) is 3.09. The average molecular weight is 232 g/mol. The van der Waals surface area contributed by atoms with Crippen molar-refractivity contribution in [1.29, 1.82) is 0 Å². The summed E-state index contributed by atoms with van der Waals surface area (Å²) < 4.78 is 10.1. The summed E-state index contributed by atoms with van der Waals surface area (Å²) in [6, 6.07) is 9.35. The molecule has 1 N–H and O–H groups in total. The summed E-state index contributed by atoms with van der Waals surface area (Å²) in [5, 5.41) is 2.77. The van der Waals surface area contributed by atoms with Gasteiger partial charge >= 0.3 is 5.97 Å². The molecule has 1 aromatic carbocycles. The third-order valence-corrected chi connectivity index (χ3v) is 2.25. The van der Waals surface area contributed by atoms with Crippen LogP contribution in [0.25, 0.3) is 11.5 Å². The molecular weight excluding hydrogens is 220 g/mol. The van der Waals surface area contributed by atoms with Gasteiger partial charge in [0.05, 0.1) is 7.11 Å². The van der Waals surface area contributed by atoms with Gasteiger partial charge in [-0.05, 0) is 12.1 Å². The maximum atomic E-state index is 11.5. The van der Waals surface area contributed by atoms with Gasteiger partial charge in [0, 0.05) is 12.6 Å². The van der Waals surface area contributed by atoms with Crippen molar-refractivity contribution in [1.82, 2.24) is 4.98 Å². The summed E-state index contributed by atoms with van der Waals surface area (Å²) in [5.41, 5.74) is 0.952. The topological polar surface area (TPSA) is 64.4 Å². The largest absolute Gasteiger partial charge is 0.464 e. The van der Waals surface area contributed by atoms with Gasteiger partial charge in [-0.15, -0.1) is 0 Å². The predicted molar refractivity (Wildman–Crippen MR) is 62.8 cm³/mol. The van der Waals surface area contributed by atoms with Gasteiger partial charge in [-0.2, -0.15) is 4.98 Å². The number of anilines is 1. The third kappa shape index (κ3) is 2.13. The number of carbonyl (C=O) groups excluding carboxylic acids is 1. The van der Waals surface area contributed by atoms with Gasteiger partial charge in [-0.1, -0.05) is 18.2 Å². The van der Waals surface area contributed by atoms with Crippen LogP contribution in [0.4, 0.5) is 5.88 Å². The summed E-state index contributed by atoms with van der Waals surface area (Å²) in [6.07, 6.45) is 0. The van der Waals surface area contributed by atoms with Crippen molar-refractivity contribution in [2.75, 3.05) is 19.5 Å². The Bertz CT molecular complexity index is 520. The van der Waals surface area contributed by atoms with E-state index in [0.29, 0.717) is 11.8 Å². The van der Waals surface area contributed by atoms with E-state index in [1.54, 1.807) is 7.05 Å². The lowest BCUT2D eigenvalue weighted by Crippen LogP contribution is -2.04. The molecule has 0 radical (unpaired) electrons. The standard InChI is InChI=1S/C12H12N2O3/c1-13-11-9(12(15)16-2)14-10(17-11)8-6-4-3-5-7-8/h3-7,13H,1-2H3. The lowest BCUT2D eigenvalue weighted by Gasteiger charge is -1.95. The number of ether oxygens (including phenoxy) is 1. The second-order valence-corrected chi connectivity index (χ2v) is 3.30. The van der Waals surface area contributed by atoms with Gasteiger partial charge in [-0.25, -0.2) is 4.79 Å². The van der Waals surface area contributed by atoms with Gasteiger partial charge in [0.2, 0.25) is 17.5 Å². The number of hydrogen-bond acceptors (Lipinski definition) is 5. The Labute approximate surface area is 98.4 Å². The second kappa shape index (κ2) is 4.69. The van der Waals surface area contributed by atoms with E-state index in [2.05, 4.69) is 15.0 Å². The number of aromatic nitrogens is 1. The summed E-state index contributed by atoms with van der Waals surface area (Å²) in [4.78, 5) is 15.6. The highest BCUT2D eigenvalue weighted by Gasteiger charge is 2.20. The van der Waals surface area contributed by atoms with E-state index >= 15 is 0 Å². The zero-order chi connectivity index (χ0) is 12.3. The summed E-state index contributed by atoms with van der Waals surface area (Å²) >= 11 is 0. The van der Waals surface area contributed by atoms with E-state index in [1.807, 2.05) is 30.3 Å². The molecule has 5 nitrogen and oxygen atoms in total. The number of rotatable bonds is 3. The van der Waals surface area contributed by atoms with Gasteiger partial charge in [0.15, 0.2) is 0 Å². The van der Waals surface area contributed by atoms with Crippen LogP contribution >= 0.6 is 0 Å². The van der Waals surface area contributed by atoms with E-state index < -0.39 is 5.97 Å². The van der Waals surface area contributed by atoms with Crippen LogP contribution in [-0.4, -0.2) is 25.1 Å². The quantitative estimate of drug-likeness (QED) is 0.821. The van der Waals surface area contributed by atoms with Crippen LogP contribution in [-0.2, 0) is 4.74 Å². The van der Waals surface area contributed by atoms with E-state index in [9.17, 15) is 4.79 Å². The second-order valence-electron chi connectivity index (χ2n) is 3.30. The number of oxazole rings is 1.